The van der Waals surface area contributed by atoms with E-state index in [4.69, 9.17) is 14.6 Å². The Balaban J connectivity index is 0.000000200. The molecule has 0 aromatic heterocycles. The molecule has 20 heavy (non-hydrogen) atoms. The van der Waals surface area contributed by atoms with E-state index >= 15 is 0 Å². The van der Waals surface area contributed by atoms with Crippen molar-refractivity contribution >= 4 is 25.5 Å². The zero-order chi connectivity index (χ0) is 15.2. The number of aliphatic hydroxyl groups is 1. The number of carbonyl (C=O) groups excluding carboxylic acids is 1. The molecule has 0 aromatic rings. The maximum atomic E-state index is 10.8. The summed E-state index contributed by atoms with van der Waals surface area (Å²) in [6, 6.07) is 0. The van der Waals surface area contributed by atoms with Gasteiger partial charge in [0.05, 0.1) is 43.2 Å². The van der Waals surface area contributed by atoms with Crippen LogP contribution in [0.2, 0.25) is 0 Å². The molecule has 1 unspecified atom stereocenters. The molecule has 0 amide bonds. The normalized spacial score (nSPS) is 29.4. The molecule has 0 aromatic carbocycles. The summed E-state index contributed by atoms with van der Waals surface area (Å²) in [7, 11) is -6.19. The molecule has 118 valence electrons. The van der Waals surface area contributed by atoms with Crippen molar-refractivity contribution in [1.29, 1.82) is 0 Å². The Morgan fingerprint density at radius 1 is 1.00 bits per heavy atom. The predicted octanol–water partition coefficient (Wildman–Crippen LogP) is -2.21. The van der Waals surface area contributed by atoms with Crippen molar-refractivity contribution < 1.29 is 36.2 Å². The second-order valence-electron chi connectivity index (χ2n) is 4.53. The zero-order valence-electron chi connectivity index (χ0n) is 10.9. The third kappa shape index (κ3) is 7.29. The molecule has 2 rings (SSSR count). The van der Waals surface area contributed by atoms with Crippen LogP contribution >= 0.6 is 0 Å². The van der Waals surface area contributed by atoms with Gasteiger partial charge in [-0.05, 0) is 0 Å². The number of hydrogen-bond acceptors (Lipinski definition) is 8. The number of carbonyl (C=O) groups is 1. The summed E-state index contributed by atoms with van der Waals surface area (Å²) in [5.41, 5.74) is 0. The van der Waals surface area contributed by atoms with Crippen LogP contribution in [-0.2, 0) is 33.9 Å². The molecule has 10 heteroatoms. The smallest absolute Gasteiger partial charge is 0.173 e. The van der Waals surface area contributed by atoms with E-state index in [-0.39, 0.29) is 55.2 Å². The monoisotopic (exact) mass is 330 g/mol. The Morgan fingerprint density at radius 2 is 1.60 bits per heavy atom. The van der Waals surface area contributed by atoms with Crippen molar-refractivity contribution in [1.82, 2.24) is 0 Å². The van der Waals surface area contributed by atoms with E-state index in [1.807, 2.05) is 0 Å². The highest BCUT2D eigenvalue weighted by atomic mass is 32.2. The maximum Gasteiger partial charge on any atom is 0.173 e. The molecule has 0 radical (unpaired) electrons. The maximum absolute atomic E-state index is 10.8. The van der Waals surface area contributed by atoms with Crippen LogP contribution < -0.4 is 0 Å². The van der Waals surface area contributed by atoms with E-state index < -0.39 is 25.8 Å². The van der Waals surface area contributed by atoms with Crippen LogP contribution in [0, 0.1) is 0 Å². The lowest BCUT2D eigenvalue weighted by atomic mass is 10.4. The van der Waals surface area contributed by atoms with Gasteiger partial charge in [-0.3, -0.25) is 4.79 Å². The van der Waals surface area contributed by atoms with Gasteiger partial charge in [0.25, 0.3) is 0 Å². The van der Waals surface area contributed by atoms with Gasteiger partial charge in [-0.2, -0.15) is 0 Å². The second-order valence-corrected chi connectivity index (χ2v) is 8.94. The minimum atomic E-state index is -3.14. The molecule has 8 nitrogen and oxygen atoms in total. The molecule has 1 atom stereocenters. The fourth-order valence-electron chi connectivity index (χ4n) is 1.56. The fraction of sp³-hybridized carbons (Fsp3) is 0.900. The van der Waals surface area contributed by atoms with Gasteiger partial charge in [0.2, 0.25) is 0 Å². The van der Waals surface area contributed by atoms with E-state index in [0.717, 1.165) is 0 Å². The summed E-state index contributed by atoms with van der Waals surface area (Å²) in [6.45, 7) is 0.436. The standard InChI is InChI=1S/C5H10O4S.C5H8O4S/c2*6-5-3-9-1-2-10(7,8)4-5/h5-6H,1-4H2;1-4H2. The minimum Gasteiger partial charge on any atom is -0.390 e. The summed E-state index contributed by atoms with van der Waals surface area (Å²) >= 11 is 0. The Bertz CT molecular complexity index is 521. The molecule has 2 aliphatic rings. The van der Waals surface area contributed by atoms with E-state index in [0.29, 0.717) is 0 Å². The molecule has 0 bridgehead atoms. The van der Waals surface area contributed by atoms with Crippen LogP contribution in [0.25, 0.3) is 0 Å². The second kappa shape index (κ2) is 7.46. The number of ether oxygens (including phenoxy) is 2. The van der Waals surface area contributed by atoms with Crippen molar-refractivity contribution in [2.45, 2.75) is 6.10 Å². The van der Waals surface area contributed by atoms with Gasteiger partial charge in [0, 0.05) is 0 Å². The highest BCUT2D eigenvalue weighted by molar-refractivity contribution is 7.92. The van der Waals surface area contributed by atoms with E-state index in [9.17, 15) is 21.6 Å². The van der Waals surface area contributed by atoms with Crippen molar-refractivity contribution in [3.63, 3.8) is 0 Å². The first-order chi connectivity index (χ1) is 9.20. The summed E-state index contributed by atoms with van der Waals surface area (Å²) in [5.74, 6) is -0.861. The topological polar surface area (TPSA) is 124 Å². The van der Waals surface area contributed by atoms with Crippen LogP contribution in [0.15, 0.2) is 0 Å². The third-order valence-corrected chi connectivity index (χ3v) is 5.71. The first kappa shape index (κ1) is 17.5. The number of ketones is 1. The summed E-state index contributed by atoms with van der Waals surface area (Å²) in [5, 5.41) is 8.92. The lowest BCUT2D eigenvalue weighted by Crippen LogP contribution is -2.22. The number of aliphatic hydroxyl groups excluding tert-OH is 1. The average Bonchev–Trinajstić information content (AvgIpc) is 2.54. The van der Waals surface area contributed by atoms with Crippen LogP contribution in [0.5, 0.6) is 0 Å². The Kier molecular flexibility index (Phi) is 6.52. The van der Waals surface area contributed by atoms with Gasteiger partial charge in [-0.1, -0.05) is 0 Å². The van der Waals surface area contributed by atoms with Gasteiger partial charge in [0.15, 0.2) is 25.5 Å². The van der Waals surface area contributed by atoms with Crippen molar-refractivity contribution in [3.8, 4) is 0 Å². The minimum absolute atomic E-state index is 0.0290. The fourth-order valence-corrected chi connectivity index (χ4v) is 3.87. The molecular formula is C10H18O8S2. The molecule has 2 saturated heterocycles. The SMILES string of the molecule is O=C1COCCS(=O)(=O)C1.O=S1(=O)CCOCC(O)C1. The van der Waals surface area contributed by atoms with Crippen LogP contribution in [-0.4, -0.2) is 83.3 Å². The zero-order valence-corrected chi connectivity index (χ0v) is 12.5. The van der Waals surface area contributed by atoms with Crippen molar-refractivity contribution in [2.24, 2.45) is 0 Å². The molecule has 0 saturated carbocycles. The van der Waals surface area contributed by atoms with Crippen molar-refractivity contribution in [2.75, 3.05) is 49.4 Å². The summed E-state index contributed by atoms with van der Waals surface area (Å²) < 4.78 is 52.8. The quantitative estimate of drug-likeness (QED) is 0.530. The molecule has 1 N–H and O–H groups in total. The highest BCUT2D eigenvalue weighted by Gasteiger charge is 2.21. The van der Waals surface area contributed by atoms with Gasteiger partial charge < -0.3 is 14.6 Å². The van der Waals surface area contributed by atoms with Gasteiger partial charge in [-0.15, -0.1) is 0 Å². The Hall–Kier alpha value is -0.550. The predicted molar refractivity (Wildman–Crippen MR) is 70.0 cm³/mol. The largest absolute Gasteiger partial charge is 0.390 e. The van der Waals surface area contributed by atoms with E-state index in [2.05, 4.69) is 0 Å². The first-order valence-corrected chi connectivity index (χ1v) is 9.60. The molecule has 0 spiro atoms. The summed E-state index contributed by atoms with van der Waals surface area (Å²) in [4.78, 5) is 10.6. The molecular weight excluding hydrogens is 312 g/mol. The number of Topliss-reactive ketones (excluding diaryl/α,β-unsaturated/α-hetero) is 1. The third-order valence-electron chi connectivity index (χ3n) is 2.48. The van der Waals surface area contributed by atoms with Crippen molar-refractivity contribution in [3.05, 3.63) is 0 Å². The lowest BCUT2D eigenvalue weighted by molar-refractivity contribution is -0.120. The highest BCUT2D eigenvalue weighted by Crippen LogP contribution is 2.01. The molecule has 2 fully saturated rings. The van der Waals surface area contributed by atoms with E-state index in [1.54, 1.807) is 0 Å². The van der Waals surface area contributed by atoms with Crippen LogP contribution in [0.3, 0.4) is 0 Å². The molecule has 0 aliphatic carbocycles. The number of hydrogen-bond donors (Lipinski definition) is 1. The van der Waals surface area contributed by atoms with Gasteiger partial charge >= 0.3 is 0 Å². The molecule has 2 heterocycles. The van der Waals surface area contributed by atoms with Crippen LogP contribution in [0.1, 0.15) is 0 Å². The summed E-state index contributed by atoms with van der Waals surface area (Å²) in [6.07, 6.45) is -0.840. The first-order valence-electron chi connectivity index (χ1n) is 5.96. The number of sulfone groups is 2. The van der Waals surface area contributed by atoms with Gasteiger partial charge in [0.1, 0.15) is 12.4 Å². The Morgan fingerprint density at radius 3 is 2.30 bits per heavy atom. The van der Waals surface area contributed by atoms with E-state index in [1.165, 1.54) is 0 Å². The number of rotatable bonds is 0. The average molecular weight is 330 g/mol. The lowest BCUT2D eigenvalue weighted by Gasteiger charge is -2.02. The molecule has 2 aliphatic heterocycles. The van der Waals surface area contributed by atoms with Gasteiger partial charge in [-0.25, -0.2) is 16.8 Å². The van der Waals surface area contributed by atoms with Crippen LogP contribution in [0.4, 0.5) is 0 Å². The Labute approximate surface area is 117 Å².